The molecule has 5 heteroatoms. The van der Waals surface area contributed by atoms with E-state index in [1.807, 2.05) is 6.92 Å². The maximum absolute atomic E-state index is 5.21. The van der Waals surface area contributed by atoms with Crippen LogP contribution >= 0.6 is 0 Å². The molecule has 1 aliphatic heterocycles. The number of nitrogens with two attached hydrogens (primary N) is 1. The Kier molecular flexibility index (Phi) is 2.47. The molecule has 0 saturated carbocycles. The van der Waals surface area contributed by atoms with Crippen LogP contribution in [0.1, 0.15) is 6.92 Å². The fourth-order valence-corrected chi connectivity index (χ4v) is 0.595. The smallest absolute Gasteiger partial charge is 0.248 e. The zero-order valence-corrected chi connectivity index (χ0v) is 5.83. The molecule has 0 fully saturated rings. The van der Waals surface area contributed by atoms with Gasteiger partial charge in [0.1, 0.15) is 12.6 Å². The summed E-state index contributed by atoms with van der Waals surface area (Å²) in [7, 11) is 0. The Morgan fingerprint density at radius 2 is 2.70 bits per heavy atom. The average Bonchev–Trinajstić information content (AvgIpc) is 2.31. The van der Waals surface area contributed by atoms with Crippen molar-refractivity contribution in [2.45, 2.75) is 13.0 Å². The zero-order valence-electron chi connectivity index (χ0n) is 5.83. The number of nitrogens with zero attached hydrogens (tertiary/aromatic N) is 1. The van der Waals surface area contributed by atoms with E-state index in [0.717, 1.165) is 0 Å². The first-order valence-electron chi connectivity index (χ1n) is 3.17. The lowest BCUT2D eigenvalue weighted by molar-refractivity contribution is 0.0628. The summed E-state index contributed by atoms with van der Waals surface area (Å²) in [4.78, 5) is 4.54. The highest BCUT2D eigenvalue weighted by atomic mass is 16.8. The Hall–Kier alpha value is -0.810. The van der Waals surface area contributed by atoms with Crippen molar-refractivity contribution in [2.24, 2.45) is 10.9 Å². The van der Waals surface area contributed by atoms with Crippen molar-refractivity contribution in [3.8, 4) is 0 Å². The molecule has 1 rings (SSSR count). The van der Waals surface area contributed by atoms with Crippen LogP contribution in [0.25, 0.3) is 0 Å². The van der Waals surface area contributed by atoms with Crippen LogP contribution in [0.15, 0.2) is 5.16 Å². The molecule has 0 bridgehead atoms. The third-order valence-electron chi connectivity index (χ3n) is 1.10. The molecule has 1 heterocycles. The van der Waals surface area contributed by atoms with Gasteiger partial charge >= 0.3 is 0 Å². The number of hydroxylamine groups is 1. The van der Waals surface area contributed by atoms with Crippen LogP contribution in [0.3, 0.4) is 0 Å². The summed E-state index contributed by atoms with van der Waals surface area (Å²) in [6.07, 6.45) is 0. The predicted octanol–water partition coefficient (Wildman–Crippen LogP) is -0.801. The van der Waals surface area contributed by atoms with E-state index in [2.05, 4.69) is 15.6 Å². The van der Waals surface area contributed by atoms with Crippen LogP contribution < -0.4 is 11.2 Å². The van der Waals surface area contributed by atoms with Crippen molar-refractivity contribution < 1.29 is 9.68 Å². The molecule has 3 N–H and O–H groups in total. The second kappa shape index (κ2) is 3.38. The van der Waals surface area contributed by atoms with Crippen LogP contribution in [0.2, 0.25) is 0 Å². The van der Waals surface area contributed by atoms with E-state index >= 15 is 0 Å². The first-order valence-corrected chi connectivity index (χ1v) is 3.17. The average molecular weight is 145 g/mol. The molecule has 1 aliphatic rings. The fourth-order valence-electron chi connectivity index (χ4n) is 0.595. The lowest BCUT2D eigenvalue weighted by Gasteiger charge is -2.04. The van der Waals surface area contributed by atoms with Gasteiger partial charge in [-0.15, -0.1) is 5.48 Å². The molecule has 0 radical (unpaired) electrons. The number of ether oxygens (including phenoxy) is 1. The Balaban J connectivity index is 2.26. The van der Waals surface area contributed by atoms with E-state index in [-0.39, 0.29) is 6.04 Å². The van der Waals surface area contributed by atoms with Gasteiger partial charge in [0, 0.05) is 6.54 Å². The summed E-state index contributed by atoms with van der Waals surface area (Å²) >= 11 is 0. The quantitative estimate of drug-likeness (QED) is 0.533. The van der Waals surface area contributed by atoms with Crippen molar-refractivity contribution >= 4 is 5.90 Å². The zero-order chi connectivity index (χ0) is 7.40. The molecule has 1 atom stereocenters. The van der Waals surface area contributed by atoms with Crippen molar-refractivity contribution in [3.05, 3.63) is 0 Å². The minimum absolute atomic E-state index is 0.0338. The summed E-state index contributed by atoms with van der Waals surface area (Å²) < 4.78 is 5.10. The van der Waals surface area contributed by atoms with Crippen LogP contribution in [0.4, 0.5) is 0 Å². The number of hydrogen-bond acceptors (Lipinski definition) is 5. The van der Waals surface area contributed by atoms with Crippen molar-refractivity contribution in [2.75, 3.05) is 13.2 Å². The molecular weight excluding hydrogens is 134 g/mol. The summed E-state index contributed by atoms with van der Waals surface area (Å²) in [6, 6.07) is 0.0338. The Morgan fingerprint density at radius 1 is 1.90 bits per heavy atom. The second-order valence-electron chi connectivity index (χ2n) is 2.00. The Labute approximate surface area is 59.1 Å². The first kappa shape index (κ1) is 7.30. The van der Waals surface area contributed by atoms with Crippen molar-refractivity contribution in [1.29, 1.82) is 0 Å². The highest BCUT2D eigenvalue weighted by molar-refractivity contribution is 5.81. The number of hydrogen-bond donors (Lipinski definition) is 2. The van der Waals surface area contributed by atoms with Crippen molar-refractivity contribution in [1.82, 2.24) is 5.48 Å². The molecule has 0 aromatic carbocycles. The van der Waals surface area contributed by atoms with E-state index in [1.165, 1.54) is 0 Å². The molecule has 10 heavy (non-hydrogen) atoms. The molecule has 1 unspecified atom stereocenters. The van der Waals surface area contributed by atoms with E-state index in [0.29, 0.717) is 19.0 Å². The van der Waals surface area contributed by atoms with Gasteiger partial charge in [0.25, 0.3) is 0 Å². The normalized spacial score (nSPS) is 23.8. The summed E-state index contributed by atoms with van der Waals surface area (Å²) in [5.41, 5.74) is 7.82. The molecule has 0 amide bonds. The van der Waals surface area contributed by atoms with Gasteiger partial charge in [-0.3, -0.25) is 4.94 Å². The summed E-state index contributed by atoms with van der Waals surface area (Å²) in [6.45, 7) is 2.86. The first-order chi connectivity index (χ1) is 4.84. The third-order valence-corrected chi connectivity index (χ3v) is 1.10. The van der Waals surface area contributed by atoms with E-state index < -0.39 is 0 Å². The van der Waals surface area contributed by atoms with Gasteiger partial charge in [0.2, 0.25) is 5.90 Å². The van der Waals surface area contributed by atoms with Gasteiger partial charge in [0.15, 0.2) is 0 Å². The summed E-state index contributed by atoms with van der Waals surface area (Å²) in [5.74, 6) is 0.561. The molecular formula is C5H11N3O2. The van der Waals surface area contributed by atoms with Crippen molar-refractivity contribution in [3.63, 3.8) is 0 Å². The maximum Gasteiger partial charge on any atom is 0.248 e. The maximum atomic E-state index is 5.21. The number of nitrogens with one attached hydrogen (secondary N) is 1. The monoisotopic (exact) mass is 145 g/mol. The largest absolute Gasteiger partial charge is 0.476 e. The molecule has 58 valence electrons. The molecule has 0 aromatic rings. The molecule has 0 saturated heterocycles. The minimum Gasteiger partial charge on any atom is -0.476 e. The SMILES string of the molecule is CC1NON=C1OCCN. The lowest BCUT2D eigenvalue weighted by atomic mass is 10.4. The van der Waals surface area contributed by atoms with Gasteiger partial charge in [-0.2, -0.15) is 0 Å². The van der Waals surface area contributed by atoms with E-state index in [4.69, 9.17) is 10.5 Å². The predicted molar refractivity (Wildman–Crippen MR) is 36.1 cm³/mol. The Bertz CT molecular complexity index is 137. The second-order valence-corrected chi connectivity index (χ2v) is 2.00. The Morgan fingerprint density at radius 3 is 3.20 bits per heavy atom. The fraction of sp³-hybridized carbons (Fsp3) is 0.800. The number of rotatable bonds is 2. The lowest BCUT2D eigenvalue weighted by Crippen LogP contribution is -2.28. The van der Waals surface area contributed by atoms with E-state index in [9.17, 15) is 0 Å². The van der Waals surface area contributed by atoms with Crippen LogP contribution in [0, 0.1) is 0 Å². The standard InChI is InChI=1S/C5H11N3O2/c1-4-5(8-10-7-4)9-3-2-6/h4,7H,2-3,6H2,1H3. The van der Waals surface area contributed by atoms with E-state index in [1.54, 1.807) is 0 Å². The summed E-state index contributed by atoms with van der Waals surface area (Å²) in [5, 5.41) is 3.58. The molecule has 0 aliphatic carbocycles. The van der Waals surface area contributed by atoms with Gasteiger partial charge in [-0.05, 0) is 12.1 Å². The third kappa shape index (κ3) is 1.58. The molecule has 5 nitrogen and oxygen atoms in total. The van der Waals surface area contributed by atoms with Crippen LogP contribution in [-0.4, -0.2) is 25.1 Å². The van der Waals surface area contributed by atoms with Crippen LogP contribution in [-0.2, 0) is 9.68 Å². The topological polar surface area (TPSA) is 68.9 Å². The highest BCUT2D eigenvalue weighted by Crippen LogP contribution is 1.98. The van der Waals surface area contributed by atoms with Gasteiger partial charge < -0.3 is 10.5 Å². The van der Waals surface area contributed by atoms with Crippen LogP contribution in [0.5, 0.6) is 0 Å². The minimum atomic E-state index is 0.0338. The highest BCUT2D eigenvalue weighted by Gasteiger charge is 2.18. The van der Waals surface area contributed by atoms with Gasteiger partial charge in [-0.1, -0.05) is 0 Å². The number of oxime groups is 1. The molecule has 0 spiro atoms. The van der Waals surface area contributed by atoms with Gasteiger partial charge in [-0.25, -0.2) is 0 Å². The molecule has 0 aromatic heterocycles. The van der Waals surface area contributed by atoms with Gasteiger partial charge in [0.05, 0.1) is 0 Å².